The molecule has 1 N–H and O–H groups in total. The van der Waals surface area contributed by atoms with Crippen LogP contribution in [0.2, 0.25) is 0 Å². The number of rotatable bonds is 3. The Hall–Kier alpha value is -1.43. The van der Waals surface area contributed by atoms with E-state index in [1.807, 2.05) is 39.0 Å². The Morgan fingerprint density at radius 2 is 1.96 bits per heavy atom. The molecule has 1 aliphatic heterocycles. The second kappa shape index (κ2) is 7.43. The first kappa shape index (κ1) is 17.9. The third-order valence-corrected chi connectivity index (χ3v) is 4.29. The molecule has 0 spiro atoms. The summed E-state index contributed by atoms with van der Waals surface area (Å²) in [5, 5.41) is 3.52. The number of piperidine rings is 1. The maximum atomic E-state index is 12.1. The number of nitrogens with one attached hydrogen (secondary N) is 1. The molecule has 2 rings (SSSR count). The lowest BCUT2D eigenvalue weighted by Crippen LogP contribution is -2.44. The third kappa shape index (κ3) is 5.30. The summed E-state index contributed by atoms with van der Waals surface area (Å²) in [4.78, 5) is 13.8. The number of benzene rings is 1. The summed E-state index contributed by atoms with van der Waals surface area (Å²) in [5.74, 6) is 0.815. The normalized spacial score (nSPS) is 16.1. The molecule has 1 heterocycles. The maximum absolute atomic E-state index is 12.1. The zero-order valence-corrected chi connectivity index (χ0v) is 15.8. The summed E-state index contributed by atoms with van der Waals surface area (Å²) in [6.45, 7) is 7.09. The van der Waals surface area contributed by atoms with Gasteiger partial charge >= 0.3 is 6.09 Å². The van der Waals surface area contributed by atoms with E-state index < -0.39 is 5.60 Å². The van der Waals surface area contributed by atoms with Crippen molar-refractivity contribution in [3.63, 3.8) is 0 Å². The molecule has 0 aromatic heterocycles. The Kier molecular flexibility index (Phi) is 5.79. The topological polar surface area (TPSA) is 50.8 Å². The molecule has 0 unspecified atom stereocenters. The number of hydrogen-bond acceptors (Lipinski definition) is 4. The number of anilines is 1. The molecule has 0 aliphatic carbocycles. The lowest BCUT2D eigenvalue weighted by Gasteiger charge is -2.34. The standard InChI is InChI=1S/C17H25BrN2O3/c1-17(2,3)23-16(21)20-9-7-12(8-10-20)19-13-5-6-15(22-4)14(18)11-13/h5-6,11-12,19H,7-10H2,1-4H3. The molecule has 0 atom stereocenters. The molecular formula is C17H25BrN2O3. The highest BCUT2D eigenvalue weighted by molar-refractivity contribution is 9.10. The highest BCUT2D eigenvalue weighted by atomic mass is 79.9. The molecule has 23 heavy (non-hydrogen) atoms. The van der Waals surface area contributed by atoms with Crippen LogP contribution in [0.4, 0.5) is 10.5 Å². The number of halogens is 1. The Morgan fingerprint density at radius 3 is 2.48 bits per heavy atom. The molecule has 1 amide bonds. The Bertz CT molecular complexity index is 549. The van der Waals surface area contributed by atoms with Crippen LogP contribution in [0.25, 0.3) is 0 Å². The van der Waals surface area contributed by atoms with Crippen molar-refractivity contribution >= 4 is 27.7 Å². The smallest absolute Gasteiger partial charge is 0.410 e. The number of carbonyl (C=O) groups excluding carboxylic acids is 1. The minimum Gasteiger partial charge on any atom is -0.496 e. The zero-order chi connectivity index (χ0) is 17.0. The van der Waals surface area contributed by atoms with Crippen molar-refractivity contribution in [1.29, 1.82) is 0 Å². The number of ether oxygens (including phenoxy) is 2. The SMILES string of the molecule is COc1ccc(NC2CCN(C(=O)OC(C)(C)C)CC2)cc1Br. The highest BCUT2D eigenvalue weighted by Gasteiger charge is 2.26. The molecule has 1 aromatic rings. The van der Waals surface area contributed by atoms with Crippen LogP contribution >= 0.6 is 15.9 Å². The van der Waals surface area contributed by atoms with E-state index in [0.29, 0.717) is 19.1 Å². The first-order chi connectivity index (χ1) is 10.8. The van der Waals surface area contributed by atoms with Gasteiger partial charge in [0.25, 0.3) is 0 Å². The first-order valence-electron chi connectivity index (χ1n) is 7.86. The van der Waals surface area contributed by atoms with Crippen LogP contribution in [-0.4, -0.2) is 42.8 Å². The minimum absolute atomic E-state index is 0.219. The predicted molar refractivity (Wildman–Crippen MR) is 95.1 cm³/mol. The molecule has 0 bridgehead atoms. The van der Waals surface area contributed by atoms with Gasteiger partial charge in [0.2, 0.25) is 0 Å². The number of amides is 1. The number of methoxy groups -OCH3 is 1. The van der Waals surface area contributed by atoms with Gasteiger partial charge in [0.1, 0.15) is 11.4 Å². The van der Waals surface area contributed by atoms with Gasteiger partial charge in [-0.25, -0.2) is 4.79 Å². The zero-order valence-electron chi connectivity index (χ0n) is 14.2. The van der Waals surface area contributed by atoms with Crippen LogP contribution in [0.1, 0.15) is 33.6 Å². The number of hydrogen-bond donors (Lipinski definition) is 1. The minimum atomic E-state index is -0.443. The molecule has 5 nitrogen and oxygen atoms in total. The van der Waals surface area contributed by atoms with E-state index in [4.69, 9.17) is 9.47 Å². The molecule has 1 saturated heterocycles. The summed E-state index contributed by atoms with van der Waals surface area (Å²) in [5.41, 5.74) is 0.607. The fourth-order valence-electron chi connectivity index (χ4n) is 2.52. The lowest BCUT2D eigenvalue weighted by molar-refractivity contribution is 0.0210. The van der Waals surface area contributed by atoms with Crippen LogP contribution in [0.5, 0.6) is 5.75 Å². The summed E-state index contributed by atoms with van der Waals surface area (Å²) in [6, 6.07) is 6.31. The summed E-state index contributed by atoms with van der Waals surface area (Å²) in [7, 11) is 1.65. The van der Waals surface area contributed by atoms with E-state index in [0.717, 1.165) is 28.8 Å². The number of carbonyl (C=O) groups is 1. The highest BCUT2D eigenvalue weighted by Crippen LogP contribution is 2.29. The van der Waals surface area contributed by atoms with Crippen molar-refractivity contribution in [3.05, 3.63) is 22.7 Å². The fourth-order valence-corrected chi connectivity index (χ4v) is 3.07. The van der Waals surface area contributed by atoms with Crippen LogP contribution in [-0.2, 0) is 4.74 Å². The Labute approximate surface area is 146 Å². The second-order valence-corrected chi connectivity index (χ2v) is 7.59. The van der Waals surface area contributed by atoms with Crippen molar-refractivity contribution in [2.24, 2.45) is 0 Å². The van der Waals surface area contributed by atoms with Crippen molar-refractivity contribution in [2.45, 2.75) is 45.3 Å². The van der Waals surface area contributed by atoms with E-state index in [-0.39, 0.29) is 6.09 Å². The van der Waals surface area contributed by atoms with Gasteiger partial charge in [-0.15, -0.1) is 0 Å². The quantitative estimate of drug-likeness (QED) is 0.845. The third-order valence-electron chi connectivity index (χ3n) is 3.67. The van der Waals surface area contributed by atoms with Crippen LogP contribution in [0, 0.1) is 0 Å². The second-order valence-electron chi connectivity index (χ2n) is 6.74. The van der Waals surface area contributed by atoms with Crippen molar-refractivity contribution in [3.8, 4) is 5.75 Å². The van der Waals surface area contributed by atoms with Gasteiger partial charge in [-0.1, -0.05) is 0 Å². The number of likely N-dealkylation sites (tertiary alicyclic amines) is 1. The molecular weight excluding hydrogens is 360 g/mol. The monoisotopic (exact) mass is 384 g/mol. The average molecular weight is 385 g/mol. The van der Waals surface area contributed by atoms with Gasteiger partial charge in [-0.2, -0.15) is 0 Å². The van der Waals surface area contributed by atoms with E-state index in [9.17, 15) is 4.79 Å². The lowest BCUT2D eigenvalue weighted by atomic mass is 10.0. The molecule has 1 aliphatic rings. The Balaban J connectivity index is 1.85. The maximum Gasteiger partial charge on any atom is 0.410 e. The van der Waals surface area contributed by atoms with Gasteiger partial charge in [0.05, 0.1) is 11.6 Å². The van der Waals surface area contributed by atoms with E-state index in [1.54, 1.807) is 12.0 Å². The van der Waals surface area contributed by atoms with Gasteiger partial charge in [0, 0.05) is 24.8 Å². The molecule has 1 fully saturated rings. The van der Waals surface area contributed by atoms with E-state index in [1.165, 1.54) is 0 Å². The molecule has 0 saturated carbocycles. The molecule has 6 heteroatoms. The van der Waals surface area contributed by atoms with Crippen molar-refractivity contribution in [1.82, 2.24) is 4.90 Å². The summed E-state index contributed by atoms with van der Waals surface area (Å²) >= 11 is 3.49. The van der Waals surface area contributed by atoms with E-state index in [2.05, 4.69) is 21.2 Å². The van der Waals surface area contributed by atoms with Crippen molar-refractivity contribution in [2.75, 3.05) is 25.5 Å². The molecule has 128 valence electrons. The van der Waals surface area contributed by atoms with Crippen molar-refractivity contribution < 1.29 is 14.3 Å². The fraction of sp³-hybridized carbons (Fsp3) is 0.588. The average Bonchev–Trinajstić information content (AvgIpc) is 2.46. The largest absolute Gasteiger partial charge is 0.496 e. The summed E-state index contributed by atoms with van der Waals surface area (Å²) < 4.78 is 11.6. The van der Waals surface area contributed by atoms with Gasteiger partial charge in [-0.3, -0.25) is 0 Å². The van der Waals surface area contributed by atoms with Crippen LogP contribution in [0.15, 0.2) is 22.7 Å². The number of nitrogens with zero attached hydrogens (tertiary/aromatic N) is 1. The predicted octanol–water partition coefficient (Wildman–Crippen LogP) is 4.27. The van der Waals surface area contributed by atoms with E-state index >= 15 is 0 Å². The van der Waals surface area contributed by atoms with Crippen LogP contribution in [0.3, 0.4) is 0 Å². The summed E-state index contributed by atoms with van der Waals surface area (Å²) in [6.07, 6.45) is 1.59. The van der Waals surface area contributed by atoms with Crippen LogP contribution < -0.4 is 10.1 Å². The first-order valence-corrected chi connectivity index (χ1v) is 8.66. The van der Waals surface area contributed by atoms with Gasteiger partial charge in [0.15, 0.2) is 0 Å². The molecule has 1 aromatic carbocycles. The van der Waals surface area contributed by atoms with Gasteiger partial charge < -0.3 is 19.7 Å². The Morgan fingerprint density at radius 1 is 1.30 bits per heavy atom. The molecule has 0 radical (unpaired) electrons. The van der Waals surface area contributed by atoms with Gasteiger partial charge in [-0.05, 0) is 67.7 Å².